The molecule has 0 radical (unpaired) electrons. The summed E-state index contributed by atoms with van der Waals surface area (Å²) in [5, 5.41) is 11.9. The van der Waals surface area contributed by atoms with Crippen LogP contribution in [-0.2, 0) is 10.3 Å². The third kappa shape index (κ3) is 5.15. The molecule has 6 rings (SSSR count). The number of hydrogen-bond acceptors (Lipinski definition) is 3. The Morgan fingerprint density at radius 1 is 0.949 bits per heavy atom. The fraction of sp³-hybridized carbons (Fsp3) is 0.323. The van der Waals surface area contributed by atoms with E-state index < -0.39 is 29.0 Å². The molecule has 8 heteroatoms. The molecule has 2 aliphatic carbocycles. The Hall–Kier alpha value is -4.07. The number of aliphatic carboxylic acids is 1. The van der Waals surface area contributed by atoms with Crippen molar-refractivity contribution >= 4 is 17.5 Å². The zero-order chi connectivity index (χ0) is 27.1. The van der Waals surface area contributed by atoms with Crippen molar-refractivity contribution in [3.8, 4) is 11.1 Å². The number of carbonyl (C=O) groups excluding carboxylic acids is 1. The number of benzene rings is 2. The van der Waals surface area contributed by atoms with Crippen molar-refractivity contribution in [2.45, 2.75) is 56.4 Å². The van der Waals surface area contributed by atoms with Gasteiger partial charge in [-0.3, -0.25) is 9.59 Å². The number of halogens is 2. The standard InChI is InChI=1S/C31H29F2N3O3/c32-24-10-11-26(33)25(16-24)31(13-14-31)35-30(39)27-18-36-17-23(9-12-28(36)34-27)22-7-5-21(6-8-22)20-3-1-19(2-4-20)15-29(37)38/h5-12,16-20H,1-4,13-15H2,(H,35,39)(H,37,38)/t19-,20-. The van der Waals surface area contributed by atoms with Gasteiger partial charge in [0, 0.05) is 24.4 Å². The molecule has 0 aliphatic heterocycles. The maximum atomic E-state index is 14.4. The minimum atomic E-state index is -0.901. The number of nitrogens with one attached hydrogen (secondary N) is 1. The Labute approximate surface area is 224 Å². The molecule has 0 spiro atoms. The highest BCUT2D eigenvalue weighted by Crippen LogP contribution is 2.47. The molecule has 200 valence electrons. The number of imidazole rings is 1. The third-order valence-corrected chi connectivity index (χ3v) is 8.26. The molecule has 4 aromatic rings. The Morgan fingerprint density at radius 3 is 2.36 bits per heavy atom. The van der Waals surface area contributed by atoms with Gasteiger partial charge in [-0.05, 0) is 97.4 Å². The van der Waals surface area contributed by atoms with E-state index in [1.807, 2.05) is 18.3 Å². The topological polar surface area (TPSA) is 83.7 Å². The monoisotopic (exact) mass is 529 g/mol. The van der Waals surface area contributed by atoms with Crippen LogP contribution in [0.2, 0.25) is 0 Å². The summed E-state index contributed by atoms with van der Waals surface area (Å²) >= 11 is 0. The van der Waals surface area contributed by atoms with Gasteiger partial charge >= 0.3 is 5.97 Å². The summed E-state index contributed by atoms with van der Waals surface area (Å²) in [7, 11) is 0. The van der Waals surface area contributed by atoms with Crippen molar-refractivity contribution in [2.24, 2.45) is 5.92 Å². The normalized spacial score (nSPS) is 20.1. The number of carbonyl (C=O) groups is 2. The maximum Gasteiger partial charge on any atom is 0.303 e. The van der Waals surface area contributed by atoms with E-state index in [9.17, 15) is 18.4 Å². The molecule has 6 nitrogen and oxygen atoms in total. The molecule has 2 saturated carbocycles. The lowest BCUT2D eigenvalue weighted by Crippen LogP contribution is -2.35. The number of aromatic nitrogens is 2. The molecule has 0 atom stereocenters. The van der Waals surface area contributed by atoms with Gasteiger partial charge in [0.25, 0.3) is 5.91 Å². The first-order chi connectivity index (χ1) is 18.8. The molecule has 0 bridgehead atoms. The van der Waals surface area contributed by atoms with Gasteiger partial charge < -0.3 is 14.8 Å². The highest BCUT2D eigenvalue weighted by molar-refractivity contribution is 5.94. The van der Waals surface area contributed by atoms with Gasteiger partial charge in [-0.25, -0.2) is 13.8 Å². The summed E-state index contributed by atoms with van der Waals surface area (Å²) in [6.45, 7) is 0. The number of fused-ring (bicyclic) bond motifs is 1. The molecule has 2 heterocycles. The van der Waals surface area contributed by atoms with Gasteiger partial charge in [-0.1, -0.05) is 24.3 Å². The van der Waals surface area contributed by atoms with Crippen LogP contribution in [0, 0.1) is 17.6 Å². The van der Waals surface area contributed by atoms with Crippen LogP contribution < -0.4 is 5.32 Å². The van der Waals surface area contributed by atoms with E-state index in [4.69, 9.17) is 5.11 Å². The predicted molar refractivity (Wildman–Crippen MR) is 142 cm³/mol. The summed E-state index contributed by atoms with van der Waals surface area (Å²) in [6, 6.07) is 15.6. The van der Waals surface area contributed by atoms with Crippen molar-refractivity contribution in [1.29, 1.82) is 0 Å². The molecule has 39 heavy (non-hydrogen) atoms. The molecule has 1 amide bonds. The molecule has 0 saturated heterocycles. The summed E-state index contributed by atoms with van der Waals surface area (Å²) in [6.07, 6.45) is 8.83. The van der Waals surface area contributed by atoms with E-state index in [0.717, 1.165) is 55.0 Å². The number of carboxylic acids is 1. The highest BCUT2D eigenvalue weighted by atomic mass is 19.1. The van der Waals surface area contributed by atoms with E-state index in [0.29, 0.717) is 24.4 Å². The van der Waals surface area contributed by atoms with Gasteiger partial charge in [-0.2, -0.15) is 0 Å². The molecule has 2 N–H and O–H groups in total. The number of carboxylic acid groups (broad SMARTS) is 1. The lowest BCUT2D eigenvalue weighted by molar-refractivity contribution is -0.138. The molecule has 2 aromatic carbocycles. The number of nitrogens with zero attached hydrogens (tertiary/aromatic N) is 2. The van der Waals surface area contributed by atoms with Crippen LogP contribution in [0.4, 0.5) is 8.78 Å². The van der Waals surface area contributed by atoms with Gasteiger partial charge in [0.1, 0.15) is 23.0 Å². The van der Waals surface area contributed by atoms with E-state index in [2.05, 4.69) is 34.6 Å². The fourth-order valence-corrected chi connectivity index (χ4v) is 5.90. The van der Waals surface area contributed by atoms with Crippen molar-refractivity contribution in [1.82, 2.24) is 14.7 Å². The molecular formula is C31H29F2N3O3. The lowest BCUT2D eigenvalue weighted by atomic mass is 9.77. The average molecular weight is 530 g/mol. The quantitative estimate of drug-likeness (QED) is 0.288. The molecule has 2 aliphatic rings. The van der Waals surface area contributed by atoms with E-state index in [1.54, 1.807) is 10.6 Å². The van der Waals surface area contributed by atoms with E-state index in [-0.39, 0.29) is 23.6 Å². The first kappa shape index (κ1) is 25.2. The van der Waals surface area contributed by atoms with Crippen molar-refractivity contribution in [2.75, 3.05) is 0 Å². The van der Waals surface area contributed by atoms with Gasteiger partial charge in [-0.15, -0.1) is 0 Å². The number of amides is 1. The summed E-state index contributed by atoms with van der Waals surface area (Å²) in [5.74, 6) is -1.48. The zero-order valence-corrected chi connectivity index (χ0v) is 21.4. The highest BCUT2D eigenvalue weighted by Gasteiger charge is 2.48. The summed E-state index contributed by atoms with van der Waals surface area (Å²) < 4.78 is 29.9. The predicted octanol–water partition coefficient (Wildman–Crippen LogP) is 6.45. The smallest absolute Gasteiger partial charge is 0.303 e. The van der Waals surface area contributed by atoms with E-state index >= 15 is 0 Å². The largest absolute Gasteiger partial charge is 0.481 e. The van der Waals surface area contributed by atoms with Crippen molar-refractivity contribution in [3.63, 3.8) is 0 Å². The number of hydrogen-bond donors (Lipinski definition) is 2. The molecule has 0 unspecified atom stereocenters. The third-order valence-electron chi connectivity index (χ3n) is 8.26. The van der Waals surface area contributed by atoms with Crippen LogP contribution >= 0.6 is 0 Å². The van der Waals surface area contributed by atoms with Gasteiger partial charge in [0.05, 0.1) is 5.54 Å². The van der Waals surface area contributed by atoms with Crippen molar-refractivity contribution < 1.29 is 23.5 Å². The average Bonchev–Trinajstić information content (AvgIpc) is 3.57. The zero-order valence-electron chi connectivity index (χ0n) is 21.4. The van der Waals surface area contributed by atoms with E-state index in [1.165, 1.54) is 5.56 Å². The second kappa shape index (κ2) is 9.91. The minimum Gasteiger partial charge on any atom is -0.481 e. The first-order valence-corrected chi connectivity index (χ1v) is 13.4. The van der Waals surface area contributed by atoms with Crippen LogP contribution in [-0.4, -0.2) is 26.4 Å². The van der Waals surface area contributed by atoms with Crippen LogP contribution in [0.3, 0.4) is 0 Å². The number of pyridine rings is 1. The lowest BCUT2D eigenvalue weighted by Gasteiger charge is -2.28. The molecule has 2 fully saturated rings. The van der Waals surface area contributed by atoms with Crippen LogP contribution in [0.25, 0.3) is 16.8 Å². The number of rotatable bonds is 7. The second-order valence-electron chi connectivity index (χ2n) is 10.9. The second-order valence-corrected chi connectivity index (χ2v) is 10.9. The Balaban J connectivity index is 1.15. The summed E-state index contributed by atoms with van der Waals surface area (Å²) in [4.78, 5) is 28.5. The molecule has 2 aromatic heterocycles. The van der Waals surface area contributed by atoms with Gasteiger partial charge in [0.2, 0.25) is 0 Å². The van der Waals surface area contributed by atoms with Crippen LogP contribution in [0.15, 0.2) is 67.0 Å². The summed E-state index contributed by atoms with van der Waals surface area (Å²) in [5.41, 5.74) is 3.38. The van der Waals surface area contributed by atoms with Crippen molar-refractivity contribution in [3.05, 3.63) is 95.4 Å². The Kier molecular flexibility index (Phi) is 6.41. The SMILES string of the molecule is O=C(O)C[C@H]1CC[C@H](c2ccc(-c3ccc4nc(C(=O)NC5(c6cc(F)ccc6F)CC5)cn4c3)cc2)CC1. The first-order valence-electron chi connectivity index (χ1n) is 13.4. The van der Waals surface area contributed by atoms with Crippen LogP contribution in [0.1, 0.15) is 72.5 Å². The maximum absolute atomic E-state index is 14.4. The minimum absolute atomic E-state index is 0.165. The fourth-order valence-electron chi connectivity index (χ4n) is 5.90. The Morgan fingerprint density at radius 2 is 1.67 bits per heavy atom. The Bertz CT molecular complexity index is 1550. The van der Waals surface area contributed by atoms with Crippen LogP contribution in [0.5, 0.6) is 0 Å². The van der Waals surface area contributed by atoms with Gasteiger partial charge in [0.15, 0.2) is 0 Å². The molecular weight excluding hydrogens is 500 g/mol.